The van der Waals surface area contributed by atoms with Crippen LogP contribution in [0.5, 0.6) is 0 Å². The molecule has 144 valence electrons. The van der Waals surface area contributed by atoms with E-state index in [1.165, 1.54) is 0 Å². The molecule has 1 amide bonds. The van der Waals surface area contributed by atoms with E-state index in [-0.39, 0.29) is 5.91 Å². The Balaban J connectivity index is 1.41. The summed E-state index contributed by atoms with van der Waals surface area (Å²) in [4.78, 5) is 24.4. The van der Waals surface area contributed by atoms with Crippen molar-refractivity contribution in [2.75, 3.05) is 23.3 Å². The van der Waals surface area contributed by atoms with E-state index in [2.05, 4.69) is 21.3 Å². The SMILES string of the molecule is O=C(Nc1cccc(-c2nc3ccccc3s2)c1)c1cccnc1N1CCCC1. The average Bonchev–Trinajstić information content (AvgIpc) is 3.44. The van der Waals surface area contributed by atoms with E-state index in [0.717, 1.165) is 58.2 Å². The van der Waals surface area contributed by atoms with Gasteiger partial charge in [-0.05, 0) is 49.2 Å². The molecule has 5 nitrogen and oxygen atoms in total. The highest BCUT2D eigenvalue weighted by Gasteiger charge is 2.20. The van der Waals surface area contributed by atoms with E-state index in [1.807, 2.05) is 54.6 Å². The molecule has 6 heteroatoms. The lowest BCUT2D eigenvalue weighted by molar-refractivity contribution is 0.102. The fourth-order valence-electron chi connectivity index (χ4n) is 3.68. The predicted molar refractivity (Wildman–Crippen MR) is 119 cm³/mol. The molecule has 5 rings (SSSR count). The van der Waals surface area contributed by atoms with E-state index >= 15 is 0 Å². The molecule has 3 heterocycles. The Morgan fingerprint density at radius 3 is 2.72 bits per heavy atom. The molecule has 29 heavy (non-hydrogen) atoms. The van der Waals surface area contributed by atoms with Gasteiger partial charge < -0.3 is 10.2 Å². The van der Waals surface area contributed by atoms with Crippen molar-refractivity contribution in [2.45, 2.75) is 12.8 Å². The van der Waals surface area contributed by atoms with Crippen molar-refractivity contribution in [3.05, 3.63) is 72.4 Å². The van der Waals surface area contributed by atoms with Crippen LogP contribution in [-0.4, -0.2) is 29.0 Å². The molecule has 0 spiro atoms. The number of nitrogens with zero attached hydrogens (tertiary/aromatic N) is 3. The molecule has 2 aromatic carbocycles. The summed E-state index contributed by atoms with van der Waals surface area (Å²) in [7, 11) is 0. The molecule has 0 unspecified atom stereocenters. The molecule has 1 aliphatic rings. The first kappa shape index (κ1) is 17.8. The van der Waals surface area contributed by atoms with Crippen LogP contribution in [0.3, 0.4) is 0 Å². The van der Waals surface area contributed by atoms with Gasteiger partial charge in [0.2, 0.25) is 0 Å². The highest BCUT2D eigenvalue weighted by molar-refractivity contribution is 7.21. The number of fused-ring (bicyclic) bond motifs is 1. The van der Waals surface area contributed by atoms with Gasteiger partial charge in [-0.15, -0.1) is 11.3 Å². The number of carbonyl (C=O) groups excluding carboxylic acids is 1. The molecule has 0 bridgehead atoms. The van der Waals surface area contributed by atoms with E-state index in [4.69, 9.17) is 4.98 Å². The molecule has 1 saturated heterocycles. The summed E-state index contributed by atoms with van der Waals surface area (Å²) in [5.41, 5.74) is 3.35. The molecule has 0 saturated carbocycles. The van der Waals surface area contributed by atoms with Crippen molar-refractivity contribution in [1.29, 1.82) is 0 Å². The third-order valence-electron chi connectivity index (χ3n) is 5.10. The predicted octanol–water partition coefficient (Wildman–Crippen LogP) is 5.21. The monoisotopic (exact) mass is 400 g/mol. The first-order valence-corrected chi connectivity index (χ1v) is 10.6. The van der Waals surface area contributed by atoms with Crippen molar-refractivity contribution >= 4 is 39.0 Å². The van der Waals surface area contributed by atoms with Gasteiger partial charge in [-0.2, -0.15) is 0 Å². The number of nitrogens with one attached hydrogen (secondary N) is 1. The molecule has 0 aliphatic carbocycles. The number of carbonyl (C=O) groups is 1. The summed E-state index contributed by atoms with van der Waals surface area (Å²) >= 11 is 1.65. The number of thiazole rings is 1. The third-order valence-corrected chi connectivity index (χ3v) is 6.18. The van der Waals surface area contributed by atoms with Crippen LogP contribution in [0.4, 0.5) is 11.5 Å². The zero-order chi connectivity index (χ0) is 19.6. The van der Waals surface area contributed by atoms with E-state index in [0.29, 0.717) is 5.56 Å². The van der Waals surface area contributed by atoms with Crippen molar-refractivity contribution < 1.29 is 4.79 Å². The summed E-state index contributed by atoms with van der Waals surface area (Å²) in [6.45, 7) is 1.90. The van der Waals surface area contributed by atoms with Gasteiger partial charge >= 0.3 is 0 Å². The van der Waals surface area contributed by atoms with Crippen LogP contribution in [0.2, 0.25) is 0 Å². The summed E-state index contributed by atoms with van der Waals surface area (Å²) in [6.07, 6.45) is 4.03. The summed E-state index contributed by atoms with van der Waals surface area (Å²) in [5, 5.41) is 3.98. The van der Waals surface area contributed by atoms with Gasteiger partial charge in [0.15, 0.2) is 0 Å². The Bertz CT molecular complexity index is 1150. The Hall–Kier alpha value is -3.25. The van der Waals surface area contributed by atoms with Crippen LogP contribution in [0.1, 0.15) is 23.2 Å². The number of amides is 1. The first-order chi connectivity index (χ1) is 14.3. The highest BCUT2D eigenvalue weighted by Crippen LogP contribution is 2.31. The second-order valence-corrected chi connectivity index (χ2v) is 8.12. The van der Waals surface area contributed by atoms with Gasteiger partial charge in [0, 0.05) is 30.5 Å². The van der Waals surface area contributed by atoms with E-state index < -0.39 is 0 Å². The standard InChI is InChI=1S/C23H20N4OS/c28-22(18-9-6-12-24-21(18)27-13-3-4-14-27)25-17-8-5-7-16(15-17)23-26-19-10-1-2-11-20(19)29-23/h1-2,5-12,15H,3-4,13-14H2,(H,25,28). The molecule has 1 aliphatic heterocycles. The van der Waals surface area contributed by atoms with Gasteiger partial charge in [-0.1, -0.05) is 24.3 Å². The second kappa shape index (κ2) is 7.64. The lowest BCUT2D eigenvalue weighted by Gasteiger charge is -2.19. The van der Waals surface area contributed by atoms with Crippen LogP contribution in [0, 0.1) is 0 Å². The molecule has 4 aromatic rings. The number of rotatable bonds is 4. The molecule has 1 N–H and O–H groups in total. The zero-order valence-corrected chi connectivity index (χ0v) is 16.7. The van der Waals surface area contributed by atoms with Crippen LogP contribution in [0.25, 0.3) is 20.8 Å². The number of para-hydroxylation sites is 1. The molecule has 2 aromatic heterocycles. The van der Waals surface area contributed by atoms with Gasteiger partial charge in [0.1, 0.15) is 10.8 Å². The Kier molecular flexibility index (Phi) is 4.69. The number of aromatic nitrogens is 2. The van der Waals surface area contributed by atoms with Crippen LogP contribution >= 0.6 is 11.3 Å². The van der Waals surface area contributed by atoms with Gasteiger partial charge in [-0.25, -0.2) is 9.97 Å². The lowest BCUT2D eigenvalue weighted by Crippen LogP contribution is -2.24. The Morgan fingerprint density at radius 2 is 1.86 bits per heavy atom. The summed E-state index contributed by atoms with van der Waals surface area (Å²) in [5.74, 6) is 0.631. The summed E-state index contributed by atoms with van der Waals surface area (Å²) in [6, 6.07) is 19.6. The molecule has 0 radical (unpaired) electrons. The average molecular weight is 401 g/mol. The largest absolute Gasteiger partial charge is 0.356 e. The fourth-order valence-corrected chi connectivity index (χ4v) is 4.64. The van der Waals surface area contributed by atoms with E-state index in [9.17, 15) is 4.79 Å². The normalized spacial score (nSPS) is 13.7. The van der Waals surface area contributed by atoms with Gasteiger partial charge in [0.25, 0.3) is 5.91 Å². The minimum Gasteiger partial charge on any atom is -0.356 e. The minimum absolute atomic E-state index is 0.138. The second-order valence-electron chi connectivity index (χ2n) is 7.09. The van der Waals surface area contributed by atoms with Crippen LogP contribution in [-0.2, 0) is 0 Å². The van der Waals surface area contributed by atoms with Crippen LogP contribution < -0.4 is 10.2 Å². The number of benzene rings is 2. The Morgan fingerprint density at radius 1 is 1.00 bits per heavy atom. The van der Waals surface area contributed by atoms with Gasteiger partial charge in [0.05, 0.1) is 15.8 Å². The third kappa shape index (κ3) is 3.59. The minimum atomic E-state index is -0.138. The molecular weight excluding hydrogens is 380 g/mol. The van der Waals surface area contributed by atoms with Crippen molar-refractivity contribution in [3.8, 4) is 10.6 Å². The van der Waals surface area contributed by atoms with E-state index in [1.54, 1.807) is 17.5 Å². The maximum absolute atomic E-state index is 13.0. The molecule has 1 fully saturated rings. The van der Waals surface area contributed by atoms with Crippen molar-refractivity contribution in [3.63, 3.8) is 0 Å². The number of anilines is 2. The first-order valence-electron chi connectivity index (χ1n) is 9.75. The Labute approximate surface area is 173 Å². The zero-order valence-electron chi connectivity index (χ0n) is 15.8. The highest BCUT2D eigenvalue weighted by atomic mass is 32.1. The maximum atomic E-state index is 13.0. The number of hydrogen-bond donors (Lipinski definition) is 1. The number of pyridine rings is 1. The van der Waals surface area contributed by atoms with Gasteiger partial charge in [-0.3, -0.25) is 4.79 Å². The molecular formula is C23H20N4OS. The fraction of sp³-hybridized carbons (Fsp3) is 0.174. The quantitative estimate of drug-likeness (QED) is 0.511. The summed E-state index contributed by atoms with van der Waals surface area (Å²) < 4.78 is 1.16. The van der Waals surface area contributed by atoms with Crippen molar-refractivity contribution in [1.82, 2.24) is 9.97 Å². The molecule has 0 atom stereocenters. The van der Waals surface area contributed by atoms with Crippen molar-refractivity contribution in [2.24, 2.45) is 0 Å². The maximum Gasteiger partial charge on any atom is 0.259 e. The smallest absolute Gasteiger partial charge is 0.259 e. The lowest BCUT2D eigenvalue weighted by atomic mass is 10.2. The topological polar surface area (TPSA) is 58.1 Å². The number of hydrogen-bond acceptors (Lipinski definition) is 5. The van der Waals surface area contributed by atoms with Crippen LogP contribution in [0.15, 0.2) is 66.9 Å².